The third-order valence-electron chi connectivity index (χ3n) is 2.77. The Labute approximate surface area is 127 Å². The van der Waals surface area contributed by atoms with Gasteiger partial charge in [-0.25, -0.2) is 4.98 Å². The van der Waals surface area contributed by atoms with Crippen molar-refractivity contribution >= 4 is 5.76 Å². The largest absolute Gasteiger partial charge is 0.870 e. The molecule has 1 heterocycles. The van der Waals surface area contributed by atoms with Crippen molar-refractivity contribution in [2.75, 3.05) is 0 Å². The van der Waals surface area contributed by atoms with E-state index in [4.69, 9.17) is 0 Å². The molecule has 0 N–H and O–H groups in total. The topological polar surface area (TPSA) is 40.9 Å². The van der Waals surface area contributed by atoms with Gasteiger partial charge in [0.25, 0.3) is 0 Å². The Morgan fingerprint density at radius 1 is 1.32 bits per heavy atom. The second kappa shape index (κ2) is 7.90. The first-order chi connectivity index (χ1) is 8.18. The summed E-state index contributed by atoms with van der Waals surface area (Å²) in [5.74, 6) is 0.544. The summed E-state index contributed by atoms with van der Waals surface area (Å²) in [6.07, 6.45) is 5.11. The van der Waals surface area contributed by atoms with Gasteiger partial charge in [0, 0.05) is 38.9 Å². The molecular weight excluding hydrogens is 290 g/mol. The summed E-state index contributed by atoms with van der Waals surface area (Å²) in [7, 11) is 1.82. The second-order valence-corrected chi connectivity index (χ2v) is 4.09. The Morgan fingerprint density at radius 2 is 1.95 bits per heavy atom. The Hall–Kier alpha value is -1.41. The fourth-order valence-electron chi connectivity index (χ4n) is 1.76. The van der Waals surface area contributed by atoms with E-state index in [1.165, 1.54) is 0 Å². The average molecular weight is 309 g/mol. The van der Waals surface area contributed by atoms with E-state index in [9.17, 15) is 5.11 Å². The molecule has 0 aliphatic carbocycles. The van der Waals surface area contributed by atoms with Gasteiger partial charge >= 0.3 is 0 Å². The van der Waals surface area contributed by atoms with Gasteiger partial charge in [0.15, 0.2) is 0 Å². The number of allylic oxidation sites excluding steroid dienone is 1. The maximum absolute atomic E-state index is 12.0. The molecule has 1 aromatic heterocycles. The van der Waals surface area contributed by atoms with Crippen LogP contribution in [0.25, 0.3) is 5.76 Å². The Bertz CT molecular complexity index is 520. The van der Waals surface area contributed by atoms with Crippen molar-refractivity contribution in [2.24, 2.45) is 7.05 Å². The van der Waals surface area contributed by atoms with Gasteiger partial charge in [0.05, 0.1) is 0 Å². The van der Waals surface area contributed by atoms with Crippen LogP contribution in [0.15, 0.2) is 48.8 Å². The molecule has 2 rings (SSSR count). The molecule has 0 unspecified atom stereocenters. The Morgan fingerprint density at radius 3 is 2.47 bits per heavy atom. The first-order valence-corrected chi connectivity index (χ1v) is 5.60. The summed E-state index contributed by atoms with van der Waals surface area (Å²) in [6.45, 7) is 2.01. The van der Waals surface area contributed by atoms with E-state index >= 15 is 0 Å². The quantitative estimate of drug-likeness (QED) is 0.646. The Balaban J connectivity index is 0.00000162. The molecule has 0 saturated heterocycles. The van der Waals surface area contributed by atoms with Crippen LogP contribution in [0.5, 0.6) is 0 Å². The zero-order valence-corrected chi connectivity index (χ0v) is 13.7. The molecule has 0 aliphatic rings. The molecule has 98 valence electrons. The zero-order chi connectivity index (χ0) is 12.3. The number of imidazole rings is 1. The van der Waals surface area contributed by atoms with E-state index in [1.54, 1.807) is 23.0 Å². The number of nitrogens with zero attached hydrogens (tertiary/aromatic N) is 2. The summed E-state index contributed by atoms with van der Waals surface area (Å²) in [5, 5.41) is 12.0. The number of rotatable bonds is 3. The minimum absolute atomic E-state index is 0. The van der Waals surface area contributed by atoms with Gasteiger partial charge in [0.1, 0.15) is 5.82 Å². The molecule has 0 spiro atoms. The smallest absolute Gasteiger partial charge is 0.124 e. The van der Waals surface area contributed by atoms with Gasteiger partial charge in [-0.3, -0.25) is 0 Å². The van der Waals surface area contributed by atoms with Gasteiger partial charge in [-0.05, 0) is 11.5 Å². The van der Waals surface area contributed by atoms with Crippen LogP contribution in [0.1, 0.15) is 31.7 Å². The fraction of sp³-hybridized carbons (Fsp3) is 0.267. The van der Waals surface area contributed by atoms with Crippen LogP contribution in [-0.4, -0.2) is 9.55 Å². The monoisotopic (exact) mass is 307 g/mol. The second-order valence-electron chi connectivity index (χ2n) is 4.09. The molecule has 3 nitrogen and oxygen atoms in total. The molecule has 1 aromatic carbocycles. The van der Waals surface area contributed by atoms with Crippen molar-refractivity contribution in [1.29, 1.82) is 0 Å². The van der Waals surface area contributed by atoms with Crippen molar-refractivity contribution in [3.63, 3.8) is 0 Å². The summed E-state index contributed by atoms with van der Waals surface area (Å²) in [6, 6.07) is 9.96. The first kappa shape index (κ1) is 17.6. The zero-order valence-electron chi connectivity index (χ0n) is 10.7. The van der Waals surface area contributed by atoms with Crippen LogP contribution in [0.3, 0.4) is 0 Å². The van der Waals surface area contributed by atoms with Gasteiger partial charge in [-0.2, -0.15) is 0 Å². The van der Waals surface area contributed by atoms with Crippen LogP contribution in [0, 0.1) is 0 Å². The molecule has 0 amide bonds. The molecule has 0 aliphatic heterocycles. The molecule has 2 aromatic rings. The number of aryl methyl sites for hydroxylation is 1. The molecule has 1 atom stereocenters. The van der Waals surface area contributed by atoms with Gasteiger partial charge in [0.2, 0.25) is 0 Å². The predicted molar refractivity (Wildman–Crippen MR) is 72.8 cm³/mol. The molecule has 19 heavy (non-hydrogen) atoms. The molecular formula is C15H19N2OZn-. The van der Waals surface area contributed by atoms with Crippen molar-refractivity contribution in [3.05, 3.63) is 60.2 Å². The third kappa shape index (κ3) is 4.32. The van der Waals surface area contributed by atoms with Crippen molar-refractivity contribution in [2.45, 2.75) is 20.3 Å². The Kier molecular flexibility index (Phi) is 7.32. The van der Waals surface area contributed by atoms with Crippen LogP contribution in [0.4, 0.5) is 0 Å². The van der Waals surface area contributed by atoms with Crippen LogP contribution in [0.2, 0.25) is 0 Å². The molecule has 4 heteroatoms. The van der Waals surface area contributed by atoms with Crippen LogP contribution < -0.4 is 5.11 Å². The van der Waals surface area contributed by atoms with Gasteiger partial charge < -0.3 is 9.67 Å². The summed E-state index contributed by atoms with van der Waals surface area (Å²) in [5.41, 5.74) is 1.13. The number of aromatic nitrogens is 2. The summed E-state index contributed by atoms with van der Waals surface area (Å²) in [4.78, 5) is 4.04. The number of hydrogen-bond acceptors (Lipinski definition) is 2. The summed E-state index contributed by atoms with van der Waals surface area (Å²) >= 11 is 0. The van der Waals surface area contributed by atoms with Crippen molar-refractivity contribution < 1.29 is 24.6 Å². The normalized spacial score (nSPS) is 12.2. The average Bonchev–Trinajstić information content (AvgIpc) is 2.76. The summed E-state index contributed by atoms with van der Waals surface area (Å²) < 4.78 is 1.73. The van der Waals surface area contributed by atoms with E-state index in [2.05, 4.69) is 4.98 Å². The fourth-order valence-corrected chi connectivity index (χ4v) is 1.76. The third-order valence-corrected chi connectivity index (χ3v) is 2.77. The van der Waals surface area contributed by atoms with E-state index < -0.39 is 0 Å². The number of hydrogen-bond donors (Lipinski definition) is 0. The minimum Gasteiger partial charge on any atom is -0.870 e. The van der Waals surface area contributed by atoms with E-state index in [-0.39, 0.29) is 38.6 Å². The minimum atomic E-state index is -0.0335. The van der Waals surface area contributed by atoms with Crippen LogP contribution in [-0.2, 0) is 26.5 Å². The molecule has 0 fully saturated rings. The standard InChI is InChI=1S/C14H16N2O.CH4.Zn/c1-11(12-6-4-3-5-7-12)10-13(17)14-15-8-9-16(14)2;;/h3-11,17H,1-2H3;1H4;/p-1/b13-10-;;/t11-;;/m0../s1. The SMILES string of the molecule is C.C[C@@H](/C=C(\[O-])c1nccn1C)c1ccccc1.[Zn]. The number of benzene rings is 1. The van der Waals surface area contributed by atoms with E-state index in [0.717, 1.165) is 5.56 Å². The molecule has 0 radical (unpaired) electrons. The van der Waals surface area contributed by atoms with Gasteiger partial charge in [-0.15, -0.1) is 0 Å². The van der Waals surface area contributed by atoms with Crippen molar-refractivity contribution in [1.82, 2.24) is 9.55 Å². The first-order valence-electron chi connectivity index (χ1n) is 5.60. The molecule has 0 saturated carbocycles. The molecule has 0 bridgehead atoms. The van der Waals surface area contributed by atoms with Crippen LogP contribution >= 0.6 is 0 Å². The maximum atomic E-state index is 12.0. The van der Waals surface area contributed by atoms with E-state index in [1.807, 2.05) is 44.3 Å². The van der Waals surface area contributed by atoms with Crippen molar-refractivity contribution in [3.8, 4) is 0 Å². The van der Waals surface area contributed by atoms with E-state index in [0.29, 0.717) is 5.82 Å². The predicted octanol–water partition coefficient (Wildman–Crippen LogP) is 2.56. The van der Waals surface area contributed by atoms with Gasteiger partial charge in [-0.1, -0.05) is 56.5 Å². The maximum Gasteiger partial charge on any atom is 0.124 e.